The second-order valence-electron chi connectivity index (χ2n) is 5.24. The first-order valence-electron chi connectivity index (χ1n) is 6.69. The molecule has 1 aliphatic rings. The molecule has 1 saturated heterocycles. The molecule has 0 spiro atoms. The SMILES string of the molecule is CC(CN1CCSCC1C)C(O)c1ccc(F)cn1. The zero-order chi connectivity index (χ0) is 13.8. The van der Waals surface area contributed by atoms with Gasteiger partial charge in [-0.3, -0.25) is 9.88 Å². The number of aliphatic hydroxyl groups excluding tert-OH is 1. The number of halogens is 1. The van der Waals surface area contributed by atoms with Gasteiger partial charge in [-0.25, -0.2) is 4.39 Å². The van der Waals surface area contributed by atoms with E-state index in [0.717, 1.165) is 30.8 Å². The van der Waals surface area contributed by atoms with Crippen LogP contribution in [0, 0.1) is 11.7 Å². The Labute approximate surface area is 118 Å². The second-order valence-corrected chi connectivity index (χ2v) is 6.39. The van der Waals surface area contributed by atoms with Crippen molar-refractivity contribution in [3.8, 4) is 0 Å². The van der Waals surface area contributed by atoms with Crippen LogP contribution in [0.25, 0.3) is 0 Å². The molecule has 0 radical (unpaired) electrons. The molecule has 1 N–H and O–H groups in total. The summed E-state index contributed by atoms with van der Waals surface area (Å²) in [5.41, 5.74) is 0.549. The standard InChI is InChI=1S/C14H21FN2OS/c1-10(8-17-5-6-19-9-11(17)2)14(18)13-4-3-12(15)7-16-13/h3-4,7,10-11,14,18H,5-6,8-9H2,1-2H3. The van der Waals surface area contributed by atoms with E-state index in [1.165, 1.54) is 6.07 Å². The van der Waals surface area contributed by atoms with Gasteiger partial charge in [-0.05, 0) is 19.1 Å². The van der Waals surface area contributed by atoms with Crippen molar-refractivity contribution in [2.45, 2.75) is 26.0 Å². The number of aromatic nitrogens is 1. The van der Waals surface area contributed by atoms with Gasteiger partial charge in [0.05, 0.1) is 18.0 Å². The van der Waals surface area contributed by atoms with Crippen LogP contribution in [0.4, 0.5) is 4.39 Å². The summed E-state index contributed by atoms with van der Waals surface area (Å²) in [5, 5.41) is 10.3. The molecule has 106 valence electrons. The van der Waals surface area contributed by atoms with Gasteiger partial charge in [0.2, 0.25) is 0 Å². The third kappa shape index (κ3) is 3.91. The van der Waals surface area contributed by atoms with Gasteiger partial charge in [0.15, 0.2) is 0 Å². The van der Waals surface area contributed by atoms with Crippen molar-refractivity contribution in [2.24, 2.45) is 5.92 Å². The summed E-state index contributed by atoms with van der Waals surface area (Å²) in [6.07, 6.45) is 0.521. The van der Waals surface area contributed by atoms with E-state index in [4.69, 9.17) is 0 Å². The fraction of sp³-hybridized carbons (Fsp3) is 0.643. The van der Waals surface area contributed by atoms with E-state index < -0.39 is 6.10 Å². The van der Waals surface area contributed by atoms with Crippen LogP contribution in [-0.4, -0.2) is 45.6 Å². The van der Waals surface area contributed by atoms with Crippen LogP contribution < -0.4 is 0 Å². The molecule has 3 unspecified atom stereocenters. The molecule has 5 heteroatoms. The average Bonchev–Trinajstić information content (AvgIpc) is 2.41. The largest absolute Gasteiger partial charge is 0.386 e. The van der Waals surface area contributed by atoms with Gasteiger partial charge < -0.3 is 5.11 Å². The Morgan fingerprint density at radius 3 is 3.00 bits per heavy atom. The highest BCUT2D eigenvalue weighted by molar-refractivity contribution is 7.99. The predicted octanol–water partition coefficient (Wildman–Crippen LogP) is 2.33. The van der Waals surface area contributed by atoms with Crippen LogP contribution in [0.15, 0.2) is 18.3 Å². The van der Waals surface area contributed by atoms with Gasteiger partial charge >= 0.3 is 0 Å². The van der Waals surface area contributed by atoms with Gasteiger partial charge in [-0.1, -0.05) is 6.92 Å². The van der Waals surface area contributed by atoms with Crippen molar-refractivity contribution in [3.63, 3.8) is 0 Å². The number of hydrogen-bond donors (Lipinski definition) is 1. The quantitative estimate of drug-likeness (QED) is 0.920. The first kappa shape index (κ1) is 14.8. The van der Waals surface area contributed by atoms with Crippen LogP contribution in [0.3, 0.4) is 0 Å². The molecule has 3 atom stereocenters. The highest BCUT2D eigenvalue weighted by Crippen LogP contribution is 2.24. The molecule has 1 aliphatic heterocycles. The van der Waals surface area contributed by atoms with Crippen molar-refractivity contribution >= 4 is 11.8 Å². The Kier molecular flexibility index (Phi) is 5.19. The van der Waals surface area contributed by atoms with Crippen molar-refractivity contribution < 1.29 is 9.50 Å². The van der Waals surface area contributed by atoms with Crippen LogP contribution in [0.5, 0.6) is 0 Å². The Morgan fingerprint density at radius 1 is 1.58 bits per heavy atom. The van der Waals surface area contributed by atoms with Gasteiger partial charge in [-0.2, -0.15) is 11.8 Å². The Hall–Kier alpha value is -0.650. The maximum atomic E-state index is 12.8. The van der Waals surface area contributed by atoms with E-state index in [9.17, 15) is 9.50 Å². The molecule has 0 amide bonds. The summed E-state index contributed by atoms with van der Waals surface area (Å²) in [6, 6.07) is 3.46. The summed E-state index contributed by atoms with van der Waals surface area (Å²) in [7, 11) is 0. The minimum atomic E-state index is -0.637. The second kappa shape index (κ2) is 6.68. The van der Waals surface area contributed by atoms with Crippen LogP contribution in [0.1, 0.15) is 25.6 Å². The van der Waals surface area contributed by atoms with Crippen molar-refractivity contribution in [1.29, 1.82) is 0 Å². The average molecular weight is 284 g/mol. The normalized spacial score (nSPS) is 24.1. The van der Waals surface area contributed by atoms with Gasteiger partial charge in [0.1, 0.15) is 5.82 Å². The molecule has 0 aromatic carbocycles. The Morgan fingerprint density at radius 2 is 2.37 bits per heavy atom. The van der Waals surface area contributed by atoms with Gasteiger partial charge in [0.25, 0.3) is 0 Å². The Balaban J connectivity index is 1.94. The van der Waals surface area contributed by atoms with Crippen LogP contribution in [0.2, 0.25) is 0 Å². The third-order valence-corrected chi connectivity index (χ3v) is 4.81. The van der Waals surface area contributed by atoms with Crippen LogP contribution >= 0.6 is 11.8 Å². The van der Waals surface area contributed by atoms with E-state index in [1.54, 1.807) is 6.07 Å². The van der Waals surface area contributed by atoms with Gasteiger partial charge in [-0.15, -0.1) is 0 Å². The summed E-state index contributed by atoms with van der Waals surface area (Å²) in [4.78, 5) is 6.37. The maximum Gasteiger partial charge on any atom is 0.141 e. The molecule has 1 aromatic rings. The molecule has 0 aliphatic carbocycles. The summed E-state index contributed by atoms with van der Waals surface area (Å²) < 4.78 is 12.8. The number of aliphatic hydroxyl groups is 1. The zero-order valence-electron chi connectivity index (χ0n) is 11.4. The molecular formula is C14H21FN2OS. The number of nitrogens with zero attached hydrogens (tertiary/aromatic N) is 2. The lowest BCUT2D eigenvalue weighted by molar-refractivity contribution is 0.0772. The molecule has 1 fully saturated rings. The number of pyridine rings is 1. The first-order valence-corrected chi connectivity index (χ1v) is 7.84. The maximum absolute atomic E-state index is 12.8. The predicted molar refractivity (Wildman–Crippen MR) is 76.7 cm³/mol. The molecule has 0 saturated carbocycles. The first-order chi connectivity index (χ1) is 9.08. The molecule has 19 heavy (non-hydrogen) atoms. The number of thioether (sulfide) groups is 1. The van der Waals surface area contributed by atoms with Crippen LogP contribution in [-0.2, 0) is 0 Å². The third-order valence-electron chi connectivity index (χ3n) is 3.62. The highest BCUT2D eigenvalue weighted by atomic mass is 32.2. The molecule has 2 heterocycles. The fourth-order valence-corrected chi connectivity index (χ4v) is 3.44. The number of rotatable bonds is 4. The van der Waals surface area contributed by atoms with Crippen molar-refractivity contribution in [3.05, 3.63) is 29.8 Å². The summed E-state index contributed by atoms with van der Waals surface area (Å²) in [6.45, 7) is 6.16. The molecular weight excluding hydrogens is 263 g/mol. The summed E-state index contributed by atoms with van der Waals surface area (Å²) >= 11 is 1.98. The topological polar surface area (TPSA) is 36.4 Å². The monoisotopic (exact) mass is 284 g/mol. The van der Waals surface area contributed by atoms with E-state index >= 15 is 0 Å². The Bertz CT molecular complexity index is 401. The van der Waals surface area contributed by atoms with E-state index in [0.29, 0.717) is 11.7 Å². The zero-order valence-corrected chi connectivity index (χ0v) is 12.2. The molecule has 2 rings (SSSR count). The minimum Gasteiger partial charge on any atom is -0.386 e. The van der Waals surface area contributed by atoms with Crippen molar-refractivity contribution in [2.75, 3.05) is 24.6 Å². The molecule has 3 nitrogen and oxygen atoms in total. The minimum absolute atomic E-state index is 0.0866. The molecule has 1 aromatic heterocycles. The van der Waals surface area contributed by atoms with Gasteiger partial charge in [0, 0.05) is 36.6 Å². The molecule has 0 bridgehead atoms. The summed E-state index contributed by atoms with van der Waals surface area (Å²) in [5.74, 6) is 2.02. The lowest BCUT2D eigenvalue weighted by atomic mass is 10.00. The van der Waals surface area contributed by atoms with E-state index in [2.05, 4.69) is 16.8 Å². The fourth-order valence-electron chi connectivity index (χ4n) is 2.36. The number of hydrogen-bond acceptors (Lipinski definition) is 4. The lowest BCUT2D eigenvalue weighted by Gasteiger charge is -2.35. The van der Waals surface area contributed by atoms with E-state index in [-0.39, 0.29) is 11.7 Å². The van der Waals surface area contributed by atoms with Crippen molar-refractivity contribution in [1.82, 2.24) is 9.88 Å². The lowest BCUT2D eigenvalue weighted by Crippen LogP contribution is -2.43. The van der Waals surface area contributed by atoms with E-state index in [1.807, 2.05) is 18.7 Å². The highest BCUT2D eigenvalue weighted by Gasteiger charge is 2.24. The smallest absolute Gasteiger partial charge is 0.141 e.